The number of fused-ring (bicyclic) bond motifs is 2. The number of pyridine rings is 1. The zero-order valence-electron chi connectivity index (χ0n) is 18.2. The summed E-state index contributed by atoms with van der Waals surface area (Å²) < 4.78 is 22.4. The molecule has 4 aromatic rings. The van der Waals surface area contributed by atoms with Gasteiger partial charge in [-0.3, -0.25) is 14.5 Å². The van der Waals surface area contributed by atoms with Crippen LogP contribution in [0.5, 0.6) is 17.2 Å². The highest BCUT2D eigenvalue weighted by atomic mass is 16.5. The number of hydrogen-bond donors (Lipinski definition) is 0. The minimum Gasteiger partial charge on any atom is -0.493 e. The Morgan fingerprint density at radius 1 is 0.909 bits per heavy atom. The van der Waals surface area contributed by atoms with Crippen LogP contribution >= 0.6 is 0 Å². The Morgan fingerprint density at radius 2 is 1.61 bits per heavy atom. The second-order valence-electron chi connectivity index (χ2n) is 7.39. The molecule has 1 aliphatic heterocycles. The Labute approximate surface area is 188 Å². The van der Waals surface area contributed by atoms with Gasteiger partial charge in [0, 0.05) is 6.20 Å². The first-order valence-corrected chi connectivity index (χ1v) is 10.2. The molecule has 1 aliphatic rings. The van der Waals surface area contributed by atoms with Crippen LogP contribution in [-0.2, 0) is 0 Å². The number of benzene rings is 2. The first kappa shape index (κ1) is 20.6. The summed E-state index contributed by atoms with van der Waals surface area (Å²) in [6.07, 6.45) is 1.59. The van der Waals surface area contributed by atoms with Gasteiger partial charge in [-0.15, -0.1) is 0 Å². The molecule has 3 heterocycles. The highest BCUT2D eigenvalue weighted by Gasteiger charge is 2.44. The lowest BCUT2D eigenvalue weighted by atomic mass is 9.97. The number of carbonyl (C=O) groups is 1. The average Bonchev–Trinajstić information content (AvgIpc) is 3.16. The van der Waals surface area contributed by atoms with Crippen molar-refractivity contribution in [2.45, 2.75) is 6.04 Å². The van der Waals surface area contributed by atoms with Crippen LogP contribution in [0, 0.1) is 0 Å². The zero-order valence-corrected chi connectivity index (χ0v) is 18.2. The van der Waals surface area contributed by atoms with Crippen LogP contribution in [0.2, 0.25) is 0 Å². The lowest BCUT2D eigenvalue weighted by Crippen LogP contribution is -2.30. The number of para-hydroxylation sites is 1. The summed E-state index contributed by atoms with van der Waals surface area (Å²) in [7, 11) is 4.52. The zero-order chi connectivity index (χ0) is 23.1. The number of ether oxygens (including phenoxy) is 3. The number of carbonyl (C=O) groups excluding carboxylic acids is 1. The lowest BCUT2D eigenvalue weighted by Gasteiger charge is -2.25. The first-order valence-electron chi connectivity index (χ1n) is 10.2. The normalized spacial score (nSPS) is 14.9. The van der Waals surface area contributed by atoms with Gasteiger partial charge in [-0.1, -0.05) is 18.2 Å². The third kappa shape index (κ3) is 3.10. The van der Waals surface area contributed by atoms with Gasteiger partial charge in [-0.25, -0.2) is 4.98 Å². The highest BCUT2D eigenvalue weighted by molar-refractivity contribution is 6.10. The first-order chi connectivity index (χ1) is 16.1. The largest absolute Gasteiger partial charge is 0.493 e. The molecule has 2 aromatic carbocycles. The van der Waals surface area contributed by atoms with Gasteiger partial charge >= 0.3 is 0 Å². The third-order valence-corrected chi connectivity index (χ3v) is 5.68. The number of amides is 1. The minimum absolute atomic E-state index is 0.0110. The quantitative estimate of drug-likeness (QED) is 0.460. The maximum atomic E-state index is 13.6. The standard InChI is InChI=1S/C25H20N2O6/c1-30-17-12-14(13-18(31-2)23(17)32-3)21-20-22(28)15-8-4-5-9-16(15)33-24(20)25(29)27(21)19-10-6-7-11-26-19/h4-13,21H,1-3H3/t21-/m1/s1. The molecule has 0 fully saturated rings. The van der Waals surface area contributed by atoms with Crippen molar-refractivity contribution in [3.63, 3.8) is 0 Å². The summed E-state index contributed by atoms with van der Waals surface area (Å²) in [4.78, 5) is 33.0. The molecule has 8 heteroatoms. The fourth-order valence-corrected chi connectivity index (χ4v) is 4.23. The van der Waals surface area contributed by atoms with Crippen LogP contribution in [0.25, 0.3) is 11.0 Å². The van der Waals surface area contributed by atoms with E-state index in [9.17, 15) is 9.59 Å². The maximum absolute atomic E-state index is 13.6. The lowest BCUT2D eigenvalue weighted by molar-refractivity contribution is 0.0970. The van der Waals surface area contributed by atoms with Gasteiger partial charge in [0.1, 0.15) is 11.4 Å². The third-order valence-electron chi connectivity index (χ3n) is 5.68. The molecule has 166 valence electrons. The summed E-state index contributed by atoms with van der Waals surface area (Å²) in [6.45, 7) is 0. The summed E-state index contributed by atoms with van der Waals surface area (Å²) in [5.41, 5.74) is 0.891. The predicted octanol–water partition coefficient (Wildman–Crippen LogP) is 3.96. The van der Waals surface area contributed by atoms with Crippen molar-refractivity contribution in [1.29, 1.82) is 0 Å². The number of aromatic nitrogens is 1. The monoisotopic (exact) mass is 444 g/mol. The van der Waals surface area contributed by atoms with E-state index in [0.29, 0.717) is 39.6 Å². The van der Waals surface area contributed by atoms with Crippen molar-refractivity contribution in [3.8, 4) is 17.2 Å². The summed E-state index contributed by atoms with van der Waals surface area (Å²) >= 11 is 0. The van der Waals surface area contributed by atoms with Gasteiger partial charge in [0.25, 0.3) is 5.91 Å². The van der Waals surface area contributed by atoms with Crippen molar-refractivity contribution in [3.05, 3.63) is 87.9 Å². The summed E-state index contributed by atoms with van der Waals surface area (Å²) in [6, 6.07) is 14.7. The van der Waals surface area contributed by atoms with Crippen molar-refractivity contribution in [2.75, 3.05) is 26.2 Å². The van der Waals surface area contributed by atoms with Gasteiger partial charge in [-0.2, -0.15) is 0 Å². The molecular weight excluding hydrogens is 424 g/mol. The van der Waals surface area contributed by atoms with E-state index in [1.165, 1.54) is 26.2 Å². The predicted molar refractivity (Wildman–Crippen MR) is 121 cm³/mol. The molecule has 1 amide bonds. The fraction of sp³-hybridized carbons (Fsp3) is 0.160. The number of anilines is 1. The molecule has 0 spiro atoms. The van der Waals surface area contributed by atoms with E-state index in [4.69, 9.17) is 18.6 Å². The molecule has 0 bridgehead atoms. The van der Waals surface area contributed by atoms with Crippen LogP contribution < -0.4 is 24.5 Å². The van der Waals surface area contributed by atoms with Crippen molar-refractivity contribution in [2.24, 2.45) is 0 Å². The number of methoxy groups -OCH3 is 3. The number of nitrogens with zero attached hydrogens (tertiary/aromatic N) is 2. The smallest absolute Gasteiger partial charge is 0.296 e. The maximum Gasteiger partial charge on any atom is 0.296 e. The van der Waals surface area contributed by atoms with Crippen molar-refractivity contribution in [1.82, 2.24) is 4.98 Å². The van der Waals surface area contributed by atoms with Crippen molar-refractivity contribution < 1.29 is 23.4 Å². The molecule has 0 radical (unpaired) electrons. The summed E-state index contributed by atoms with van der Waals surface area (Å²) in [5.74, 6) is 1.13. The van der Waals surface area contributed by atoms with Crippen molar-refractivity contribution >= 4 is 22.7 Å². The number of rotatable bonds is 5. The molecule has 0 saturated heterocycles. The Kier molecular flexibility index (Phi) is 4.97. The van der Waals surface area contributed by atoms with E-state index in [2.05, 4.69) is 4.98 Å². The average molecular weight is 444 g/mol. The van der Waals surface area contributed by atoms with E-state index in [-0.39, 0.29) is 16.8 Å². The van der Waals surface area contributed by atoms with Crippen LogP contribution in [0.4, 0.5) is 5.82 Å². The van der Waals surface area contributed by atoms with E-state index < -0.39 is 11.9 Å². The molecule has 0 unspecified atom stereocenters. The Morgan fingerprint density at radius 3 is 2.24 bits per heavy atom. The Bertz CT molecular complexity index is 1410. The summed E-state index contributed by atoms with van der Waals surface area (Å²) in [5, 5.41) is 0.393. The molecule has 2 aromatic heterocycles. The minimum atomic E-state index is -0.808. The molecular formula is C25H20N2O6. The van der Waals surface area contributed by atoms with E-state index in [1.807, 2.05) is 0 Å². The topological polar surface area (TPSA) is 91.1 Å². The Balaban J connectivity index is 1.84. The molecule has 0 aliphatic carbocycles. The molecule has 8 nitrogen and oxygen atoms in total. The van der Waals surface area contributed by atoms with E-state index in [0.717, 1.165) is 0 Å². The van der Waals surface area contributed by atoms with Gasteiger partial charge in [0.05, 0.1) is 38.3 Å². The van der Waals surface area contributed by atoms with Gasteiger partial charge < -0.3 is 18.6 Å². The molecule has 0 N–H and O–H groups in total. The second kappa shape index (κ2) is 7.98. The van der Waals surface area contributed by atoms with Gasteiger partial charge in [-0.05, 0) is 42.0 Å². The van der Waals surface area contributed by atoms with Crippen LogP contribution in [-0.4, -0.2) is 32.2 Å². The van der Waals surface area contributed by atoms with Gasteiger partial charge in [0.15, 0.2) is 16.9 Å². The van der Waals surface area contributed by atoms with Gasteiger partial charge in [0.2, 0.25) is 11.5 Å². The van der Waals surface area contributed by atoms with E-state index in [1.54, 1.807) is 60.8 Å². The van der Waals surface area contributed by atoms with E-state index >= 15 is 0 Å². The number of hydrogen-bond acceptors (Lipinski definition) is 7. The molecule has 33 heavy (non-hydrogen) atoms. The molecule has 5 rings (SSSR count). The van der Waals surface area contributed by atoms with Crippen LogP contribution in [0.15, 0.2) is 70.0 Å². The highest BCUT2D eigenvalue weighted by Crippen LogP contribution is 2.46. The molecule has 0 saturated carbocycles. The fourth-order valence-electron chi connectivity index (χ4n) is 4.23. The van der Waals surface area contributed by atoms with Crippen LogP contribution in [0.1, 0.15) is 27.7 Å². The second-order valence-corrected chi connectivity index (χ2v) is 7.39. The SMILES string of the molecule is COc1cc([C@@H]2c3c(oc4ccccc4c3=O)C(=O)N2c2ccccn2)cc(OC)c1OC. The molecule has 1 atom stereocenters. The Hall–Kier alpha value is -4.33. The van der Waals surface area contributed by atoms with Crippen LogP contribution in [0.3, 0.4) is 0 Å².